The van der Waals surface area contributed by atoms with Crippen molar-refractivity contribution in [2.75, 3.05) is 14.2 Å². The summed E-state index contributed by atoms with van der Waals surface area (Å²) in [4.78, 5) is 4.15. The van der Waals surface area contributed by atoms with E-state index in [1.807, 2.05) is 20.2 Å². The molecule has 0 bridgehead atoms. The molecule has 0 saturated heterocycles. The van der Waals surface area contributed by atoms with Crippen LogP contribution in [0.25, 0.3) is 0 Å². The fourth-order valence-corrected chi connectivity index (χ4v) is 1.13. The molecule has 0 aliphatic heterocycles. The lowest BCUT2D eigenvalue weighted by molar-refractivity contribution is 0.394. The Hall–Kier alpha value is -1.09. The fourth-order valence-electron chi connectivity index (χ4n) is 1.13. The number of aryl methyl sites for hydroxylation is 1. The maximum absolute atomic E-state index is 5.05. The van der Waals surface area contributed by atoms with Gasteiger partial charge in [0.05, 0.1) is 7.11 Å². The van der Waals surface area contributed by atoms with Crippen molar-refractivity contribution in [2.45, 2.75) is 13.5 Å². The van der Waals surface area contributed by atoms with Gasteiger partial charge in [-0.1, -0.05) is 0 Å². The summed E-state index contributed by atoms with van der Waals surface area (Å²) in [5, 5.41) is 3.07. The van der Waals surface area contributed by atoms with Gasteiger partial charge in [0.2, 0.25) is 5.88 Å². The summed E-state index contributed by atoms with van der Waals surface area (Å²) in [6.45, 7) is 2.84. The summed E-state index contributed by atoms with van der Waals surface area (Å²) in [5.41, 5.74) is 2.25. The number of methoxy groups -OCH3 is 1. The molecule has 1 rings (SSSR count). The van der Waals surface area contributed by atoms with Gasteiger partial charge in [0.25, 0.3) is 0 Å². The SMILES string of the molecule is CNCc1cnc(OC)c(C)c1. The molecule has 0 spiro atoms. The quantitative estimate of drug-likeness (QED) is 0.730. The van der Waals surface area contributed by atoms with Crippen LogP contribution in [0.4, 0.5) is 0 Å². The zero-order chi connectivity index (χ0) is 8.97. The Morgan fingerprint density at radius 3 is 2.83 bits per heavy atom. The lowest BCUT2D eigenvalue weighted by Gasteiger charge is -2.05. The summed E-state index contributed by atoms with van der Waals surface area (Å²) in [6, 6.07) is 2.07. The molecule has 0 amide bonds. The van der Waals surface area contributed by atoms with Crippen LogP contribution in [0, 0.1) is 6.92 Å². The third kappa shape index (κ3) is 1.95. The van der Waals surface area contributed by atoms with E-state index in [4.69, 9.17) is 4.74 Å². The van der Waals surface area contributed by atoms with Crippen molar-refractivity contribution in [1.29, 1.82) is 0 Å². The number of hydrogen-bond donors (Lipinski definition) is 1. The van der Waals surface area contributed by atoms with Crippen LogP contribution in [0.15, 0.2) is 12.3 Å². The lowest BCUT2D eigenvalue weighted by Crippen LogP contribution is -2.06. The molecule has 12 heavy (non-hydrogen) atoms. The van der Waals surface area contributed by atoms with Crippen LogP contribution >= 0.6 is 0 Å². The normalized spacial score (nSPS) is 9.92. The highest BCUT2D eigenvalue weighted by Crippen LogP contribution is 2.13. The van der Waals surface area contributed by atoms with Crippen molar-refractivity contribution >= 4 is 0 Å². The van der Waals surface area contributed by atoms with E-state index < -0.39 is 0 Å². The van der Waals surface area contributed by atoms with Crippen molar-refractivity contribution in [3.8, 4) is 5.88 Å². The van der Waals surface area contributed by atoms with E-state index in [0.29, 0.717) is 5.88 Å². The molecule has 1 heterocycles. The van der Waals surface area contributed by atoms with Crippen molar-refractivity contribution in [3.63, 3.8) is 0 Å². The first-order valence-electron chi connectivity index (χ1n) is 3.92. The van der Waals surface area contributed by atoms with Crippen molar-refractivity contribution in [1.82, 2.24) is 10.3 Å². The third-order valence-corrected chi connectivity index (χ3v) is 1.66. The minimum Gasteiger partial charge on any atom is -0.481 e. The van der Waals surface area contributed by atoms with Gasteiger partial charge in [0, 0.05) is 18.3 Å². The summed E-state index contributed by atoms with van der Waals surface area (Å²) >= 11 is 0. The zero-order valence-electron chi connectivity index (χ0n) is 7.72. The Morgan fingerprint density at radius 2 is 2.33 bits per heavy atom. The summed E-state index contributed by atoms with van der Waals surface area (Å²) < 4.78 is 5.05. The van der Waals surface area contributed by atoms with Crippen LogP contribution in [0.1, 0.15) is 11.1 Å². The summed E-state index contributed by atoms with van der Waals surface area (Å²) in [7, 11) is 3.55. The maximum Gasteiger partial charge on any atom is 0.215 e. The number of nitrogens with one attached hydrogen (secondary N) is 1. The largest absolute Gasteiger partial charge is 0.481 e. The molecule has 66 valence electrons. The van der Waals surface area contributed by atoms with Crippen molar-refractivity contribution in [3.05, 3.63) is 23.4 Å². The van der Waals surface area contributed by atoms with E-state index in [-0.39, 0.29) is 0 Å². The van der Waals surface area contributed by atoms with Gasteiger partial charge in [0.15, 0.2) is 0 Å². The fraction of sp³-hybridized carbons (Fsp3) is 0.444. The number of nitrogens with zero attached hydrogens (tertiary/aromatic N) is 1. The third-order valence-electron chi connectivity index (χ3n) is 1.66. The second-order valence-corrected chi connectivity index (χ2v) is 2.70. The van der Waals surface area contributed by atoms with E-state index >= 15 is 0 Å². The van der Waals surface area contributed by atoms with E-state index in [0.717, 1.165) is 12.1 Å². The number of hydrogen-bond acceptors (Lipinski definition) is 3. The van der Waals surface area contributed by atoms with Crippen LogP contribution in [0.3, 0.4) is 0 Å². The summed E-state index contributed by atoms with van der Waals surface area (Å²) in [6.07, 6.45) is 1.82. The first kappa shape index (κ1) is 9.00. The highest BCUT2D eigenvalue weighted by molar-refractivity contribution is 5.28. The predicted octanol–water partition coefficient (Wildman–Crippen LogP) is 1.12. The molecule has 1 aromatic rings. The Balaban J connectivity index is 2.86. The number of pyridine rings is 1. The van der Waals surface area contributed by atoms with E-state index in [2.05, 4.69) is 16.4 Å². The van der Waals surface area contributed by atoms with Gasteiger partial charge in [-0.05, 0) is 25.6 Å². The molecule has 0 aromatic carbocycles. The van der Waals surface area contributed by atoms with Gasteiger partial charge in [-0.3, -0.25) is 0 Å². The van der Waals surface area contributed by atoms with E-state index in [1.165, 1.54) is 5.56 Å². The molecular formula is C9H14N2O. The summed E-state index contributed by atoms with van der Waals surface area (Å²) in [5.74, 6) is 0.704. The molecule has 0 fully saturated rings. The van der Waals surface area contributed by atoms with Gasteiger partial charge in [0.1, 0.15) is 0 Å². The van der Waals surface area contributed by atoms with Gasteiger partial charge in [-0.25, -0.2) is 4.98 Å². The molecule has 0 atom stereocenters. The smallest absolute Gasteiger partial charge is 0.215 e. The van der Waals surface area contributed by atoms with Crippen LogP contribution in [0.5, 0.6) is 5.88 Å². The van der Waals surface area contributed by atoms with E-state index in [9.17, 15) is 0 Å². The maximum atomic E-state index is 5.05. The second kappa shape index (κ2) is 4.07. The standard InChI is InChI=1S/C9H14N2O/c1-7-4-8(5-10-2)6-11-9(7)12-3/h4,6,10H,5H2,1-3H3. The average molecular weight is 166 g/mol. The molecule has 1 N–H and O–H groups in total. The molecule has 0 unspecified atom stereocenters. The Labute approximate surface area is 72.8 Å². The highest BCUT2D eigenvalue weighted by atomic mass is 16.5. The number of ether oxygens (including phenoxy) is 1. The average Bonchev–Trinajstić information content (AvgIpc) is 2.05. The van der Waals surface area contributed by atoms with Crippen molar-refractivity contribution in [2.24, 2.45) is 0 Å². The first-order chi connectivity index (χ1) is 5.77. The van der Waals surface area contributed by atoms with Gasteiger partial charge >= 0.3 is 0 Å². The molecule has 0 radical (unpaired) electrons. The Kier molecular flexibility index (Phi) is 3.05. The van der Waals surface area contributed by atoms with Crippen molar-refractivity contribution < 1.29 is 4.74 Å². The molecule has 0 aliphatic carbocycles. The minimum atomic E-state index is 0.704. The Bertz CT molecular complexity index is 261. The Morgan fingerprint density at radius 1 is 1.58 bits per heavy atom. The second-order valence-electron chi connectivity index (χ2n) is 2.70. The molecular weight excluding hydrogens is 152 g/mol. The number of aromatic nitrogens is 1. The van der Waals surface area contributed by atoms with Crippen LogP contribution in [0.2, 0.25) is 0 Å². The van der Waals surface area contributed by atoms with Crippen LogP contribution < -0.4 is 10.1 Å². The minimum absolute atomic E-state index is 0.704. The van der Waals surface area contributed by atoms with E-state index in [1.54, 1.807) is 7.11 Å². The van der Waals surface area contributed by atoms with Gasteiger partial charge in [-0.15, -0.1) is 0 Å². The zero-order valence-corrected chi connectivity index (χ0v) is 7.72. The van der Waals surface area contributed by atoms with Gasteiger partial charge < -0.3 is 10.1 Å². The molecule has 0 saturated carbocycles. The van der Waals surface area contributed by atoms with Crippen LogP contribution in [-0.4, -0.2) is 19.1 Å². The highest BCUT2D eigenvalue weighted by Gasteiger charge is 1.99. The lowest BCUT2D eigenvalue weighted by atomic mass is 10.2. The molecule has 3 heteroatoms. The topological polar surface area (TPSA) is 34.2 Å². The monoisotopic (exact) mass is 166 g/mol. The molecule has 3 nitrogen and oxygen atoms in total. The molecule has 0 aliphatic rings. The van der Waals surface area contributed by atoms with Crippen LogP contribution in [-0.2, 0) is 6.54 Å². The molecule has 1 aromatic heterocycles. The van der Waals surface area contributed by atoms with Gasteiger partial charge in [-0.2, -0.15) is 0 Å². The predicted molar refractivity (Wildman–Crippen MR) is 48.3 cm³/mol. The number of rotatable bonds is 3. The first-order valence-corrected chi connectivity index (χ1v) is 3.92.